The normalized spacial score (nSPS) is 10.2. The molecule has 0 amide bonds. The van der Waals surface area contributed by atoms with E-state index in [2.05, 4.69) is 39.7 Å². The number of hydrogen-bond acceptors (Lipinski definition) is 5. The molecule has 0 atom stereocenters. The lowest BCUT2D eigenvalue weighted by Gasteiger charge is -2.11. The summed E-state index contributed by atoms with van der Waals surface area (Å²) in [4.78, 5) is 8.26. The molecule has 0 radical (unpaired) electrons. The Kier molecular flexibility index (Phi) is 8.22. The van der Waals surface area contributed by atoms with E-state index in [1.54, 1.807) is 30.7 Å². The third kappa shape index (κ3) is 6.44. The minimum absolute atomic E-state index is 0.266. The van der Waals surface area contributed by atoms with Crippen molar-refractivity contribution in [2.75, 3.05) is 12.0 Å². The molecule has 5 N–H and O–H groups in total. The molecule has 4 rings (SSSR count). The predicted molar refractivity (Wildman–Crippen MR) is 124 cm³/mol. The number of anilines is 1. The lowest BCUT2D eigenvalue weighted by molar-refractivity contribution is 0.628. The Labute approximate surface area is 182 Å². The number of nitrogen functional groups attached to an aromatic ring is 1. The second-order valence-corrected chi connectivity index (χ2v) is 6.88. The van der Waals surface area contributed by atoms with Crippen LogP contribution in [0.3, 0.4) is 0 Å². The van der Waals surface area contributed by atoms with Gasteiger partial charge in [0.2, 0.25) is 0 Å². The number of nitrogens with two attached hydrogens (primary N) is 2. The fraction of sp³-hybridized carbons (Fsp3) is 0.120. The van der Waals surface area contributed by atoms with Gasteiger partial charge in [-0.25, -0.2) is 15.2 Å². The van der Waals surface area contributed by atoms with E-state index in [4.69, 9.17) is 11.6 Å². The maximum Gasteiger partial charge on any atom is 0.140 e. The zero-order valence-corrected chi connectivity index (χ0v) is 17.2. The van der Waals surface area contributed by atoms with Crippen molar-refractivity contribution in [1.29, 1.82) is 0 Å². The van der Waals surface area contributed by atoms with Crippen molar-refractivity contribution in [3.8, 4) is 22.3 Å². The maximum atomic E-state index is 13.1. The zero-order chi connectivity index (χ0) is 21.9. The second-order valence-electron chi connectivity index (χ2n) is 6.88. The smallest absolute Gasteiger partial charge is 0.140 e. The Morgan fingerprint density at radius 1 is 0.839 bits per heavy atom. The van der Waals surface area contributed by atoms with E-state index in [9.17, 15) is 4.39 Å². The average molecular weight is 416 g/mol. The summed E-state index contributed by atoms with van der Waals surface area (Å²) in [5.74, 6) is 5.73. The summed E-state index contributed by atoms with van der Waals surface area (Å²) in [5, 5.41) is 0. The highest BCUT2D eigenvalue weighted by molar-refractivity contribution is 5.84. The largest absolute Gasteiger partial charge is 0.330 e. The first-order valence-corrected chi connectivity index (χ1v) is 10.1. The van der Waals surface area contributed by atoms with Gasteiger partial charge in [0.1, 0.15) is 11.6 Å². The van der Waals surface area contributed by atoms with E-state index in [1.807, 2.05) is 24.3 Å². The number of rotatable bonds is 6. The average Bonchev–Trinajstić information content (AvgIpc) is 2.84. The molecule has 158 valence electrons. The summed E-state index contributed by atoms with van der Waals surface area (Å²) in [6.07, 6.45) is 7.36. The first kappa shape index (κ1) is 22.1. The van der Waals surface area contributed by atoms with Gasteiger partial charge in [0.05, 0.1) is 0 Å². The number of hydrogen-bond donors (Lipinski definition) is 3. The molecule has 0 saturated heterocycles. The number of benzene rings is 2. The van der Waals surface area contributed by atoms with Crippen molar-refractivity contribution in [2.45, 2.75) is 12.8 Å². The Hall–Kier alpha value is -3.61. The number of nitrogens with one attached hydrogen (secondary N) is 1. The van der Waals surface area contributed by atoms with Crippen LogP contribution in [0, 0.1) is 5.82 Å². The Morgan fingerprint density at radius 3 is 2.16 bits per heavy atom. The Bertz CT molecular complexity index is 1050. The van der Waals surface area contributed by atoms with Gasteiger partial charge in [-0.2, -0.15) is 0 Å². The monoisotopic (exact) mass is 415 g/mol. The number of pyridine rings is 2. The predicted octanol–water partition coefficient (Wildman–Crippen LogP) is 4.81. The molecule has 0 aliphatic heterocycles. The van der Waals surface area contributed by atoms with Crippen LogP contribution < -0.4 is 17.0 Å². The summed E-state index contributed by atoms with van der Waals surface area (Å²) in [6, 6.07) is 22.4. The van der Waals surface area contributed by atoms with Gasteiger partial charge in [0, 0.05) is 24.2 Å². The van der Waals surface area contributed by atoms with Crippen LogP contribution in [0.25, 0.3) is 22.3 Å². The summed E-state index contributed by atoms with van der Waals surface area (Å²) < 4.78 is 13.1. The minimum Gasteiger partial charge on any atom is -0.330 e. The highest BCUT2D eigenvalue weighted by Gasteiger charge is 2.09. The molecule has 6 heteroatoms. The first-order valence-electron chi connectivity index (χ1n) is 10.1. The number of aromatic nitrogens is 2. The molecule has 0 bridgehead atoms. The van der Waals surface area contributed by atoms with E-state index in [0.29, 0.717) is 5.82 Å². The number of aryl methyl sites for hydroxylation is 1. The molecule has 31 heavy (non-hydrogen) atoms. The van der Waals surface area contributed by atoms with E-state index < -0.39 is 0 Å². The van der Waals surface area contributed by atoms with Crippen LogP contribution in [0.2, 0.25) is 0 Å². The lowest BCUT2D eigenvalue weighted by Crippen LogP contribution is -2.08. The molecule has 2 aromatic carbocycles. The fourth-order valence-electron chi connectivity index (χ4n) is 3.11. The van der Waals surface area contributed by atoms with Crippen molar-refractivity contribution in [3.63, 3.8) is 0 Å². The lowest BCUT2D eigenvalue weighted by atomic mass is 9.97. The second kappa shape index (κ2) is 11.5. The summed E-state index contributed by atoms with van der Waals surface area (Å²) in [7, 11) is 0. The van der Waals surface area contributed by atoms with Crippen molar-refractivity contribution in [2.24, 2.45) is 11.6 Å². The first-order chi connectivity index (χ1) is 15.2. The molecule has 0 aliphatic carbocycles. The van der Waals surface area contributed by atoms with Crippen LogP contribution in [0.1, 0.15) is 12.0 Å². The molecule has 0 fully saturated rings. The number of hydrazine groups is 1. The molecule has 0 spiro atoms. The van der Waals surface area contributed by atoms with Crippen molar-refractivity contribution in [3.05, 3.63) is 103 Å². The van der Waals surface area contributed by atoms with E-state index in [-0.39, 0.29) is 5.82 Å². The highest BCUT2D eigenvalue weighted by Crippen LogP contribution is 2.32. The number of nitrogens with zero attached hydrogens (tertiary/aromatic N) is 2. The third-order valence-electron chi connectivity index (χ3n) is 4.71. The van der Waals surface area contributed by atoms with Crippen LogP contribution in [0.5, 0.6) is 0 Å². The van der Waals surface area contributed by atoms with Gasteiger partial charge in [0.15, 0.2) is 0 Å². The van der Waals surface area contributed by atoms with Crippen LogP contribution in [-0.4, -0.2) is 16.5 Å². The van der Waals surface area contributed by atoms with E-state index in [1.165, 1.54) is 17.7 Å². The van der Waals surface area contributed by atoms with Gasteiger partial charge < -0.3 is 11.2 Å². The van der Waals surface area contributed by atoms with Crippen LogP contribution in [-0.2, 0) is 6.42 Å². The summed E-state index contributed by atoms with van der Waals surface area (Å²) >= 11 is 0. The topological polar surface area (TPSA) is 89.8 Å². The van der Waals surface area contributed by atoms with E-state index in [0.717, 1.165) is 41.6 Å². The van der Waals surface area contributed by atoms with Crippen molar-refractivity contribution < 1.29 is 4.39 Å². The SMILES string of the molecule is NCCCc1ccccc1.NNc1cc(-c2ccncc2)c(-c2ccc(F)cc2)cn1. The van der Waals surface area contributed by atoms with Gasteiger partial charge in [-0.3, -0.25) is 4.98 Å². The molecule has 0 aliphatic rings. The summed E-state index contributed by atoms with van der Waals surface area (Å²) in [6.45, 7) is 0.787. The molecular weight excluding hydrogens is 389 g/mol. The maximum absolute atomic E-state index is 13.1. The number of halogens is 1. The third-order valence-corrected chi connectivity index (χ3v) is 4.71. The van der Waals surface area contributed by atoms with Gasteiger partial charge in [-0.05, 0) is 72.0 Å². The van der Waals surface area contributed by atoms with Crippen LogP contribution in [0.4, 0.5) is 10.2 Å². The molecule has 5 nitrogen and oxygen atoms in total. The van der Waals surface area contributed by atoms with Crippen LogP contribution in [0.15, 0.2) is 91.4 Å². The fourth-order valence-corrected chi connectivity index (χ4v) is 3.11. The van der Waals surface area contributed by atoms with Crippen molar-refractivity contribution in [1.82, 2.24) is 9.97 Å². The standard InChI is InChI=1S/C16H13FN4.C9H13N/c17-13-3-1-11(2-4-13)15-10-20-16(21-18)9-14(15)12-5-7-19-8-6-12;10-8-4-7-9-5-2-1-3-6-9/h1-10H,18H2,(H,20,21);1-3,5-6H,4,7-8,10H2. The van der Waals surface area contributed by atoms with Gasteiger partial charge in [-0.15, -0.1) is 0 Å². The molecule has 0 unspecified atom stereocenters. The van der Waals surface area contributed by atoms with Crippen LogP contribution >= 0.6 is 0 Å². The molecular formula is C25H26FN5. The highest BCUT2D eigenvalue weighted by atomic mass is 19.1. The minimum atomic E-state index is -0.266. The molecule has 2 aromatic heterocycles. The van der Waals surface area contributed by atoms with Gasteiger partial charge >= 0.3 is 0 Å². The zero-order valence-electron chi connectivity index (χ0n) is 17.2. The Balaban J connectivity index is 0.000000229. The molecule has 2 heterocycles. The quantitative estimate of drug-likeness (QED) is 0.310. The van der Waals surface area contributed by atoms with Crippen molar-refractivity contribution >= 4 is 5.82 Å². The van der Waals surface area contributed by atoms with Gasteiger partial charge in [-0.1, -0.05) is 42.5 Å². The molecule has 0 saturated carbocycles. The molecule has 4 aromatic rings. The van der Waals surface area contributed by atoms with Gasteiger partial charge in [0.25, 0.3) is 0 Å². The Morgan fingerprint density at radius 2 is 1.52 bits per heavy atom. The summed E-state index contributed by atoms with van der Waals surface area (Å²) in [5.41, 5.74) is 13.0. The van der Waals surface area contributed by atoms with E-state index >= 15 is 0 Å².